The van der Waals surface area contributed by atoms with Crippen LogP contribution in [0.15, 0.2) is 45.7 Å². The lowest BCUT2D eigenvalue weighted by Gasteiger charge is -2.06. The maximum Gasteiger partial charge on any atom is 0.275 e. The van der Waals surface area contributed by atoms with Gasteiger partial charge in [-0.05, 0) is 25.5 Å². The molecule has 1 aromatic carbocycles. The summed E-state index contributed by atoms with van der Waals surface area (Å²) in [4.78, 5) is 21.5. The van der Waals surface area contributed by atoms with Crippen molar-refractivity contribution in [2.45, 2.75) is 26.3 Å². The van der Waals surface area contributed by atoms with Gasteiger partial charge in [-0.3, -0.25) is 4.79 Å². The minimum Gasteiger partial charge on any atom is -0.350 e. The van der Waals surface area contributed by atoms with Crippen molar-refractivity contribution < 1.29 is 4.52 Å². The summed E-state index contributed by atoms with van der Waals surface area (Å²) in [5.41, 5.74) is 1.43. The van der Waals surface area contributed by atoms with E-state index >= 15 is 0 Å². The van der Waals surface area contributed by atoms with Gasteiger partial charge in [-0.25, -0.2) is 4.98 Å². The largest absolute Gasteiger partial charge is 0.350 e. The van der Waals surface area contributed by atoms with Gasteiger partial charge in [-0.2, -0.15) is 9.50 Å². The van der Waals surface area contributed by atoms with Crippen LogP contribution in [0, 0.1) is 0 Å². The van der Waals surface area contributed by atoms with Crippen molar-refractivity contribution in [2.24, 2.45) is 0 Å². The molecule has 0 radical (unpaired) electrons. The van der Waals surface area contributed by atoms with Gasteiger partial charge in [0.25, 0.3) is 11.4 Å². The summed E-state index contributed by atoms with van der Waals surface area (Å²) in [6.45, 7) is 3.86. The van der Waals surface area contributed by atoms with Crippen LogP contribution >= 0.6 is 11.3 Å². The first-order valence-electron chi connectivity index (χ1n) is 8.19. The van der Waals surface area contributed by atoms with E-state index < -0.39 is 0 Å². The molecule has 1 unspecified atom stereocenters. The van der Waals surface area contributed by atoms with Crippen molar-refractivity contribution in [1.82, 2.24) is 24.7 Å². The van der Waals surface area contributed by atoms with E-state index in [1.807, 2.05) is 44.2 Å². The van der Waals surface area contributed by atoms with Crippen LogP contribution < -0.4 is 10.9 Å². The van der Waals surface area contributed by atoms with Crippen LogP contribution in [0.2, 0.25) is 0 Å². The van der Waals surface area contributed by atoms with E-state index in [1.165, 1.54) is 21.9 Å². The number of anilines is 1. The second kappa shape index (κ2) is 6.68. The van der Waals surface area contributed by atoms with Crippen LogP contribution in [0.5, 0.6) is 0 Å². The quantitative estimate of drug-likeness (QED) is 0.578. The molecule has 0 spiro atoms. The van der Waals surface area contributed by atoms with E-state index in [9.17, 15) is 4.79 Å². The number of aryl methyl sites for hydroxylation is 1. The third-order valence-electron chi connectivity index (χ3n) is 3.85. The minimum absolute atomic E-state index is 0.185. The molecule has 0 saturated heterocycles. The van der Waals surface area contributed by atoms with Crippen molar-refractivity contribution in [3.05, 3.63) is 58.3 Å². The van der Waals surface area contributed by atoms with Gasteiger partial charge < -0.3 is 9.84 Å². The van der Waals surface area contributed by atoms with E-state index in [4.69, 9.17) is 4.52 Å². The number of nitrogens with zero attached hydrogens (tertiary/aromatic N) is 5. The van der Waals surface area contributed by atoms with Crippen molar-refractivity contribution in [1.29, 1.82) is 0 Å². The Morgan fingerprint density at radius 2 is 2.08 bits per heavy atom. The molecule has 3 aromatic heterocycles. The molecular weight excluding hydrogens is 352 g/mol. The zero-order valence-electron chi connectivity index (χ0n) is 14.2. The Kier molecular flexibility index (Phi) is 4.21. The molecule has 0 aliphatic carbocycles. The van der Waals surface area contributed by atoms with Crippen molar-refractivity contribution in [3.63, 3.8) is 0 Å². The summed E-state index contributed by atoms with van der Waals surface area (Å²) in [6.07, 6.45) is 0.702. The maximum absolute atomic E-state index is 12.1. The van der Waals surface area contributed by atoms with Gasteiger partial charge in [0.1, 0.15) is 0 Å². The molecular formula is C17H16N6O2S. The molecule has 9 heteroatoms. The van der Waals surface area contributed by atoms with E-state index in [0.717, 1.165) is 11.3 Å². The average molecular weight is 368 g/mol. The first kappa shape index (κ1) is 16.4. The molecule has 1 atom stereocenters. The molecule has 0 aliphatic rings. The zero-order chi connectivity index (χ0) is 18.1. The topological polar surface area (TPSA) is 98.2 Å². The van der Waals surface area contributed by atoms with E-state index in [1.54, 1.807) is 0 Å². The summed E-state index contributed by atoms with van der Waals surface area (Å²) in [6, 6.07) is 10.8. The fourth-order valence-electron chi connectivity index (χ4n) is 2.45. The predicted octanol–water partition coefficient (Wildman–Crippen LogP) is 2.94. The third kappa shape index (κ3) is 3.08. The minimum atomic E-state index is -0.238. The Balaban J connectivity index is 1.58. The fraction of sp³-hybridized carbons (Fsp3) is 0.235. The number of benzene rings is 1. The summed E-state index contributed by atoms with van der Waals surface area (Å²) < 4.78 is 6.63. The van der Waals surface area contributed by atoms with Gasteiger partial charge >= 0.3 is 0 Å². The Labute approximate surface area is 152 Å². The SMILES string of the molecule is CCc1cc(=O)n2nc(NC(C)c3noc(-c4ccccc4)n3)sc2n1. The van der Waals surface area contributed by atoms with Crippen LogP contribution in [0.25, 0.3) is 16.4 Å². The number of fused-ring (bicyclic) bond motifs is 1. The van der Waals surface area contributed by atoms with Crippen LogP contribution in [-0.4, -0.2) is 24.7 Å². The highest BCUT2D eigenvalue weighted by Crippen LogP contribution is 2.24. The van der Waals surface area contributed by atoms with Crippen LogP contribution in [0.1, 0.15) is 31.4 Å². The molecule has 8 nitrogen and oxygen atoms in total. The van der Waals surface area contributed by atoms with Gasteiger partial charge in [0, 0.05) is 17.3 Å². The zero-order valence-corrected chi connectivity index (χ0v) is 15.0. The van der Waals surface area contributed by atoms with Gasteiger partial charge in [0.05, 0.1) is 6.04 Å². The van der Waals surface area contributed by atoms with Crippen LogP contribution in [0.3, 0.4) is 0 Å². The standard InChI is InChI=1S/C17H16N6O2S/c1-3-12-9-13(24)23-17(19-12)26-16(21-23)18-10(2)14-20-15(25-22-14)11-7-5-4-6-8-11/h4-10H,3H2,1-2H3,(H,18,21). The molecule has 1 N–H and O–H groups in total. The molecule has 132 valence electrons. The first-order valence-corrected chi connectivity index (χ1v) is 9.01. The molecule has 0 fully saturated rings. The molecule has 0 aliphatic heterocycles. The lowest BCUT2D eigenvalue weighted by molar-refractivity contribution is 0.420. The molecule has 4 aromatic rings. The van der Waals surface area contributed by atoms with Gasteiger partial charge in [0.15, 0.2) is 5.82 Å². The number of hydrogen-bond donors (Lipinski definition) is 1. The van der Waals surface area contributed by atoms with Gasteiger partial charge in [-0.1, -0.05) is 41.6 Å². The Bertz CT molecular complexity index is 1100. The number of nitrogens with one attached hydrogen (secondary N) is 1. The van der Waals surface area contributed by atoms with Gasteiger partial charge in [-0.15, -0.1) is 5.10 Å². The third-order valence-corrected chi connectivity index (χ3v) is 4.69. The Morgan fingerprint density at radius 3 is 2.85 bits per heavy atom. The number of aromatic nitrogens is 5. The van der Waals surface area contributed by atoms with Crippen molar-refractivity contribution >= 4 is 21.4 Å². The van der Waals surface area contributed by atoms with E-state index in [2.05, 4.69) is 25.5 Å². The summed E-state index contributed by atoms with van der Waals surface area (Å²) in [5, 5.41) is 12.1. The summed E-state index contributed by atoms with van der Waals surface area (Å²) in [7, 11) is 0. The summed E-state index contributed by atoms with van der Waals surface area (Å²) >= 11 is 1.31. The van der Waals surface area contributed by atoms with Crippen LogP contribution in [-0.2, 0) is 6.42 Å². The molecule has 4 rings (SSSR count). The maximum atomic E-state index is 12.1. The highest BCUT2D eigenvalue weighted by atomic mass is 32.1. The monoisotopic (exact) mass is 368 g/mol. The molecule has 0 bridgehead atoms. The Hall–Kier alpha value is -3.07. The lowest BCUT2D eigenvalue weighted by Crippen LogP contribution is -2.15. The first-order chi connectivity index (χ1) is 12.6. The van der Waals surface area contributed by atoms with E-state index in [0.29, 0.717) is 28.2 Å². The van der Waals surface area contributed by atoms with Crippen LogP contribution in [0.4, 0.5) is 5.13 Å². The number of rotatable bonds is 5. The van der Waals surface area contributed by atoms with E-state index in [-0.39, 0.29) is 11.6 Å². The molecule has 0 saturated carbocycles. The Morgan fingerprint density at radius 1 is 1.27 bits per heavy atom. The molecule has 3 heterocycles. The highest BCUT2D eigenvalue weighted by molar-refractivity contribution is 7.20. The molecule has 0 amide bonds. The number of hydrogen-bond acceptors (Lipinski definition) is 8. The average Bonchev–Trinajstić information content (AvgIpc) is 3.29. The highest BCUT2D eigenvalue weighted by Gasteiger charge is 2.17. The predicted molar refractivity (Wildman–Crippen MR) is 98.3 cm³/mol. The lowest BCUT2D eigenvalue weighted by atomic mass is 10.2. The second-order valence-electron chi connectivity index (χ2n) is 5.73. The van der Waals surface area contributed by atoms with Crippen molar-refractivity contribution in [3.8, 4) is 11.5 Å². The van der Waals surface area contributed by atoms with Gasteiger partial charge in [0.2, 0.25) is 10.1 Å². The second-order valence-corrected chi connectivity index (χ2v) is 6.69. The smallest absolute Gasteiger partial charge is 0.275 e. The normalized spacial score (nSPS) is 12.4. The summed E-state index contributed by atoms with van der Waals surface area (Å²) in [5.74, 6) is 0.974. The van der Waals surface area contributed by atoms with Crippen molar-refractivity contribution in [2.75, 3.05) is 5.32 Å². The fourth-order valence-corrected chi connectivity index (χ4v) is 3.37. The molecule has 26 heavy (non-hydrogen) atoms.